The molecule has 1 aromatic heterocycles. The van der Waals surface area contributed by atoms with Crippen molar-refractivity contribution in [2.45, 2.75) is 26.4 Å². The Morgan fingerprint density at radius 2 is 2.00 bits per heavy atom. The number of carbonyl (C=O) groups is 1. The maximum Gasteiger partial charge on any atom is 0.418 e. The fourth-order valence-corrected chi connectivity index (χ4v) is 1.08. The van der Waals surface area contributed by atoms with Crippen LogP contribution in [-0.2, 0) is 4.74 Å². The quantitative estimate of drug-likeness (QED) is 0.713. The van der Waals surface area contributed by atoms with Gasteiger partial charge in [0.15, 0.2) is 0 Å². The third kappa shape index (κ3) is 3.31. The molecule has 4 nitrogen and oxygen atoms in total. The lowest BCUT2D eigenvalue weighted by Gasteiger charge is -2.19. The molecule has 0 N–H and O–H groups in total. The Hall–Kier alpha value is -1.45. The smallest absolute Gasteiger partial charge is 0.418 e. The van der Waals surface area contributed by atoms with Crippen LogP contribution in [0.25, 0.3) is 0 Å². The van der Waals surface area contributed by atoms with Crippen LogP contribution in [0.1, 0.15) is 20.8 Å². The second-order valence-corrected chi connectivity index (χ2v) is 4.65. The molecule has 0 aliphatic rings. The lowest BCUT2D eigenvalue weighted by atomic mass is 10.2. The van der Waals surface area contributed by atoms with E-state index in [-0.39, 0.29) is 6.09 Å². The number of hydrogen-bond donors (Lipinski definition) is 0. The van der Waals surface area contributed by atoms with E-state index in [1.165, 1.54) is 4.57 Å². The number of ether oxygens (including phenoxy) is 1. The van der Waals surface area contributed by atoms with Crippen molar-refractivity contribution in [3.63, 3.8) is 0 Å². The van der Waals surface area contributed by atoms with Crippen molar-refractivity contribution in [2.24, 2.45) is 0 Å². The number of anilines is 1. The van der Waals surface area contributed by atoms with Crippen molar-refractivity contribution < 1.29 is 9.53 Å². The minimum atomic E-state index is -0.459. The number of hydrogen-bond acceptors (Lipinski definition) is 3. The van der Waals surface area contributed by atoms with Crippen LogP contribution in [0.15, 0.2) is 18.5 Å². The van der Waals surface area contributed by atoms with E-state index in [1.807, 2.05) is 45.8 Å². The predicted molar refractivity (Wildman–Crippen MR) is 60.4 cm³/mol. The maximum atomic E-state index is 11.6. The molecular weight excluding hydrogens is 192 g/mol. The van der Waals surface area contributed by atoms with Gasteiger partial charge in [0.05, 0.1) is 5.69 Å². The van der Waals surface area contributed by atoms with Gasteiger partial charge < -0.3 is 9.64 Å². The normalized spacial score (nSPS) is 11.3. The highest BCUT2D eigenvalue weighted by atomic mass is 16.6. The first-order valence-corrected chi connectivity index (χ1v) is 4.88. The van der Waals surface area contributed by atoms with Crippen molar-refractivity contribution in [3.05, 3.63) is 18.5 Å². The summed E-state index contributed by atoms with van der Waals surface area (Å²) in [5.74, 6) is 0. The molecule has 0 saturated heterocycles. The van der Waals surface area contributed by atoms with E-state index in [2.05, 4.69) is 0 Å². The molecule has 0 bridgehead atoms. The Bertz CT molecular complexity index is 348. The molecule has 1 heterocycles. The van der Waals surface area contributed by atoms with Gasteiger partial charge >= 0.3 is 6.09 Å². The van der Waals surface area contributed by atoms with Crippen LogP contribution in [-0.4, -0.2) is 30.4 Å². The summed E-state index contributed by atoms with van der Waals surface area (Å²) in [6.45, 7) is 5.55. The Balaban J connectivity index is 2.75. The molecular formula is C11H18N2O2. The third-order valence-corrected chi connectivity index (χ3v) is 1.80. The van der Waals surface area contributed by atoms with Crippen LogP contribution in [0.3, 0.4) is 0 Å². The predicted octanol–water partition coefficient (Wildman–Crippen LogP) is 2.34. The fourth-order valence-electron chi connectivity index (χ4n) is 1.08. The summed E-state index contributed by atoms with van der Waals surface area (Å²) in [5, 5.41) is 0. The number of rotatable bonds is 1. The first kappa shape index (κ1) is 11.6. The zero-order chi connectivity index (χ0) is 11.6. The Morgan fingerprint density at radius 1 is 1.40 bits per heavy atom. The first-order valence-electron chi connectivity index (χ1n) is 4.88. The van der Waals surface area contributed by atoms with E-state index in [1.54, 1.807) is 12.4 Å². The summed E-state index contributed by atoms with van der Waals surface area (Å²) >= 11 is 0. The summed E-state index contributed by atoms with van der Waals surface area (Å²) in [5.41, 5.74) is 0.514. The van der Waals surface area contributed by atoms with Gasteiger partial charge in [0.1, 0.15) is 5.60 Å². The monoisotopic (exact) mass is 210 g/mol. The van der Waals surface area contributed by atoms with Crippen LogP contribution in [0.5, 0.6) is 0 Å². The van der Waals surface area contributed by atoms with Gasteiger partial charge in [-0.15, -0.1) is 0 Å². The van der Waals surface area contributed by atoms with Crippen LogP contribution >= 0.6 is 0 Å². The largest absolute Gasteiger partial charge is 0.443 e. The van der Waals surface area contributed by atoms with Crippen molar-refractivity contribution in [1.82, 2.24) is 4.57 Å². The van der Waals surface area contributed by atoms with Gasteiger partial charge in [-0.2, -0.15) is 0 Å². The summed E-state index contributed by atoms with van der Waals surface area (Å²) in [7, 11) is 3.85. The zero-order valence-electron chi connectivity index (χ0n) is 9.94. The topological polar surface area (TPSA) is 34.5 Å². The van der Waals surface area contributed by atoms with Crippen molar-refractivity contribution in [3.8, 4) is 0 Å². The van der Waals surface area contributed by atoms with Crippen LogP contribution in [0.2, 0.25) is 0 Å². The van der Waals surface area contributed by atoms with Gasteiger partial charge in [-0.3, -0.25) is 4.57 Å². The molecule has 0 radical (unpaired) electrons. The zero-order valence-corrected chi connectivity index (χ0v) is 9.94. The van der Waals surface area contributed by atoms with Crippen LogP contribution in [0, 0.1) is 0 Å². The molecule has 1 aromatic rings. The molecule has 0 aromatic carbocycles. The fraction of sp³-hybridized carbons (Fsp3) is 0.545. The minimum Gasteiger partial charge on any atom is -0.443 e. The minimum absolute atomic E-state index is 0.351. The van der Waals surface area contributed by atoms with E-state index < -0.39 is 5.60 Å². The summed E-state index contributed by atoms with van der Waals surface area (Å²) in [6.07, 6.45) is 3.09. The van der Waals surface area contributed by atoms with Crippen LogP contribution < -0.4 is 4.90 Å². The van der Waals surface area contributed by atoms with Gasteiger partial charge in [-0.25, -0.2) is 4.79 Å². The summed E-state index contributed by atoms with van der Waals surface area (Å²) in [4.78, 5) is 13.5. The highest BCUT2D eigenvalue weighted by Crippen LogP contribution is 2.14. The molecule has 0 spiro atoms. The van der Waals surface area contributed by atoms with E-state index in [4.69, 9.17) is 4.74 Å². The Kier molecular flexibility index (Phi) is 3.07. The second kappa shape index (κ2) is 3.96. The molecule has 0 aliphatic heterocycles. The van der Waals surface area contributed by atoms with Gasteiger partial charge in [-0.1, -0.05) is 0 Å². The molecule has 0 atom stereocenters. The highest BCUT2D eigenvalue weighted by Gasteiger charge is 2.17. The summed E-state index contributed by atoms with van der Waals surface area (Å²) in [6, 6.07) is 1.86. The second-order valence-electron chi connectivity index (χ2n) is 4.65. The van der Waals surface area contributed by atoms with Gasteiger partial charge in [0.2, 0.25) is 0 Å². The molecule has 0 saturated carbocycles. The lowest BCUT2D eigenvalue weighted by Crippen LogP contribution is -2.26. The molecule has 0 unspecified atom stereocenters. The highest BCUT2D eigenvalue weighted by molar-refractivity contribution is 5.72. The molecule has 0 fully saturated rings. The summed E-state index contributed by atoms with van der Waals surface area (Å²) < 4.78 is 6.67. The third-order valence-electron chi connectivity index (χ3n) is 1.80. The van der Waals surface area contributed by atoms with E-state index >= 15 is 0 Å². The van der Waals surface area contributed by atoms with Crippen molar-refractivity contribution >= 4 is 11.8 Å². The number of carbonyl (C=O) groups excluding carboxylic acids is 1. The van der Waals surface area contributed by atoms with Crippen LogP contribution in [0.4, 0.5) is 10.5 Å². The maximum absolute atomic E-state index is 11.6. The van der Waals surface area contributed by atoms with Gasteiger partial charge in [0, 0.05) is 26.5 Å². The molecule has 0 aliphatic carbocycles. The molecule has 4 heteroatoms. The standard InChI is InChI=1S/C11H18N2O2/c1-11(2,3)15-10(14)13-7-6-9(8-13)12(4)5/h6-8H,1-5H3. The van der Waals surface area contributed by atoms with Gasteiger partial charge in [-0.05, 0) is 26.8 Å². The van der Waals surface area contributed by atoms with Crippen molar-refractivity contribution in [2.75, 3.05) is 19.0 Å². The molecule has 1 rings (SSSR count). The first-order chi connectivity index (χ1) is 6.79. The van der Waals surface area contributed by atoms with E-state index in [0.717, 1.165) is 5.69 Å². The Morgan fingerprint density at radius 3 is 2.40 bits per heavy atom. The number of nitrogens with zero attached hydrogens (tertiary/aromatic N) is 2. The number of aromatic nitrogens is 1. The van der Waals surface area contributed by atoms with E-state index in [0.29, 0.717) is 0 Å². The lowest BCUT2D eigenvalue weighted by molar-refractivity contribution is 0.0537. The average Bonchev–Trinajstić information content (AvgIpc) is 2.47. The van der Waals surface area contributed by atoms with Gasteiger partial charge in [0.25, 0.3) is 0 Å². The van der Waals surface area contributed by atoms with Crippen molar-refractivity contribution in [1.29, 1.82) is 0 Å². The van der Waals surface area contributed by atoms with E-state index in [9.17, 15) is 4.79 Å². The average molecular weight is 210 g/mol. The Labute approximate surface area is 90.4 Å². The molecule has 84 valence electrons. The molecule has 15 heavy (non-hydrogen) atoms. The molecule has 0 amide bonds. The SMILES string of the molecule is CN(C)c1ccn(C(=O)OC(C)(C)C)c1.